The number of benzene rings is 2. The van der Waals surface area contributed by atoms with Crippen LogP contribution >= 0.6 is 50.7 Å². The summed E-state index contributed by atoms with van der Waals surface area (Å²) in [6.07, 6.45) is 0. The fourth-order valence-corrected chi connectivity index (χ4v) is 4.09. The third-order valence-electron chi connectivity index (χ3n) is 4.69. The summed E-state index contributed by atoms with van der Waals surface area (Å²) in [7, 11) is 0. The zero-order chi connectivity index (χ0) is 23.5. The molecule has 2 heterocycles. The van der Waals surface area contributed by atoms with Gasteiger partial charge < -0.3 is 14.5 Å². The average molecular weight is 570 g/mol. The minimum Gasteiger partial charge on any atom is -0.484 e. The van der Waals surface area contributed by atoms with Gasteiger partial charge >= 0.3 is 0 Å². The zero-order valence-corrected chi connectivity index (χ0v) is 21.1. The van der Waals surface area contributed by atoms with Crippen molar-refractivity contribution < 1.29 is 13.9 Å². The Morgan fingerprint density at radius 2 is 1.88 bits per heavy atom. The standard InChI is InChI=1S/C23H17BrCl3N3O3/c1-13-8-22(29-30(13)11-14-2-5-17(25)18(26)9-14)28-23(31)21-7-4-16(33-21)12-32-20-6-3-15(24)10-19(20)27/h2-10H,11-12H2,1H3,(H,28,29,31). The number of furan rings is 1. The van der Waals surface area contributed by atoms with Crippen molar-refractivity contribution in [1.82, 2.24) is 9.78 Å². The fourth-order valence-electron chi connectivity index (χ4n) is 3.04. The molecule has 0 aliphatic rings. The molecule has 2 aromatic carbocycles. The Morgan fingerprint density at radius 1 is 1.06 bits per heavy atom. The maximum absolute atomic E-state index is 12.6. The van der Waals surface area contributed by atoms with Crippen LogP contribution in [0.4, 0.5) is 5.82 Å². The Labute approximate surface area is 213 Å². The van der Waals surface area contributed by atoms with Gasteiger partial charge in [-0.3, -0.25) is 9.48 Å². The zero-order valence-electron chi connectivity index (χ0n) is 17.2. The number of nitrogens with zero attached hydrogens (tertiary/aromatic N) is 2. The SMILES string of the molecule is Cc1cc(NC(=O)c2ccc(COc3ccc(Br)cc3Cl)o2)nn1Cc1ccc(Cl)c(Cl)c1. The van der Waals surface area contributed by atoms with Crippen LogP contribution < -0.4 is 10.1 Å². The molecule has 0 aliphatic carbocycles. The van der Waals surface area contributed by atoms with E-state index in [4.69, 9.17) is 44.0 Å². The van der Waals surface area contributed by atoms with Crippen molar-refractivity contribution in [2.45, 2.75) is 20.1 Å². The summed E-state index contributed by atoms with van der Waals surface area (Å²) in [5.41, 5.74) is 1.81. The normalized spacial score (nSPS) is 10.9. The number of anilines is 1. The monoisotopic (exact) mass is 567 g/mol. The molecule has 0 radical (unpaired) electrons. The number of carbonyl (C=O) groups excluding carboxylic acids is 1. The number of aryl methyl sites for hydroxylation is 1. The highest BCUT2D eigenvalue weighted by molar-refractivity contribution is 9.10. The first kappa shape index (κ1) is 23.7. The molecule has 170 valence electrons. The van der Waals surface area contributed by atoms with Crippen molar-refractivity contribution in [1.29, 1.82) is 0 Å². The van der Waals surface area contributed by atoms with Crippen molar-refractivity contribution in [2.75, 3.05) is 5.32 Å². The number of hydrogen-bond donors (Lipinski definition) is 1. The minimum atomic E-state index is -0.415. The largest absolute Gasteiger partial charge is 0.484 e. The number of carbonyl (C=O) groups is 1. The Kier molecular flexibility index (Phi) is 7.34. The third kappa shape index (κ3) is 5.92. The molecule has 1 amide bonds. The van der Waals surface area contributed by atoms with Gasteiger partial charge in [-0.2, -0.15) is 5.10 Å². The van der Waals surface area contributed by atoms with E-state index in [1.165, 1.54) is 0 Å². The Balaban J connectivity index is 1.38. The summed E-state index contributed by atoms with van der Waals surface area (Å²) < 4.78 is 13.9. The minimum absolute atomic E-state index is 0.131. The van der Waals surface area contributed by atoms with Crippen LogP contribution in [0.25, 0.3) is 0 Å². The Bertz CT molecular complexity index is 1320. The molecule has 2 aromatic heterocycles. The molecule has 0 atom stereocenters. The summed E-state index contributed by atoms with van der Waals surface area (Å²) in [4.78, 5) is 12.6. The van der Waals surface area contributed by atoms with Crippen molar-refractivity contribution >= 4 is 62.5 Å². The number of amides is 1. The predicted molar refractivity (Wildman–Crippen MR) is 133 cm³/mol. The molecule has 4 aromatic rings. The highest BCUT2D eigenvalue weighted by Crippen LogP contribution is 2.28. The van der Waals surface area contributed by atoms with E-state index in [1.54, 1.807) is 47.1 Å². The van der Waals surface area contributed by atoms with Crippen LogP contribution in [0, 0.1) is 6.92 Å². The first-order valence-corrected chi connectivity index (χ1v) is 11.7. The second kappa shape index (κ2) is 10.2. The van der Waals surface area contributed by atoms with E-state index < -0.39 is 5.91 Å². The number of hydrogen-bond acceptors (Lipinski definition) is 4. The summed E-state index contributed by atoms with van der Waals surface area (Å²) >= 11 is 21.6. The second-order valence-electron chi connectivity index (χ2n) is 7.16. The van der Waals surface area contributed by atoms with Crippen LogP contribution in [-0.2, 0) is 13.2 Å². The van der Waals surface area contributed by atoms with E-state index in [-0.39, 0.29) is 12.4 Å². The van der Waals surface area contributed by atoms with E-state index in [0.717, 1.165) is 15.7 Å². The van der Waals surface area contributed by atoms with Gasteiger partial charge in [0, 0.05) is 16.2 Å². The molecule has 0 bridgehead atoms. The number of nitrogens with one attached hydrogen (secondary N) is 1. The molecule has 0 unspecified atom stereocenters. The van der Waals surface area contributed by atoms with Crippen LogP contribution in [0.1, 0.15) is 27.6 Å². The molecule has 0 spiro atoms. The smallest absolute Gasteiger partial charge is 0.292 e. The molecule has 6 nitrogen and oxygen atoms in total. The summed E-state index contributed by atoms with van der Waals surface area (Å²) in [6.45, 7) is 2.52. The van der Waals surface area contributed by atoms with Crippen LogP contribution in [0.3, 0.4) is 0 Å². The highest BCUT2D eigenvalue weighted by atomic mass is 79.9. The molecule has 4 rings (SSSR count). The number of halogens is 4. The van der Waals surface area contributed by atoms with Gasteiger partial charge in [0.15, 0.2) is 11.6 Å². The van der Waals surface area contributed by atoms with E-state index in [2.05, 4.69) is 26.3 Å². The quantitative estimate of drug-likeness (QED) is 0.252. The Morgan fingerprint density at radius 3 is 2.64 bits per heavy atom. The van der Waals surface area contributed by atoms with Gasteiger partial charge in [0.2, 0.25) is 0 Å². The molecule has 0 fully saturated rings. The van der Waals surface area contributed by atoms with Crippen molar-refractivity contribution in [3.05, 3.63) is 96.9 Å². The molecular weight excluding hydrogens is 553 g/mol. The summed E-state index contributed by atoms with van der Waals surface area (Å²) in [6, 6.07) is 15.7. The Hall–Kier alpha value is -2.45. The van der Waals surface area contributed by atoms with Crippen LogP contribution in [0.2, 0.25) is 15.1 Å². The first-order valence-electron chi connectivity index (χ1n) is 9.75. The van der Waals surface area contributed by atoms with E-state index in [9.17, 15) is 4.79 Å². The summed E-state index contributed by atoms with van der Waals surface area (Å²) in [5.74, 6) is 1.15. The van der Waals surface area contributed by atoms with Crippen molar-refractivity contribution in [2.24, 2.45) is 0 Å². The van der Waals surface area contributed by atoms with Gasteiger partial charge in [-0.15, -0.1) is 0 Å². The van der Waals surface area contributed by atoms with Gasteiger partial charge in [-0.25, -0.2) is 0 Å². The van der Waals surface area contributed by atoms with Crippen LogP contribution in [0.5, 0.6) is 5.75 Å². The van der Waals surface area contributed by atoms with Gasteiger partial charge in [0.05, 0.1) is 21.6 Å². The lowest BCUT2D eigenvalue weighted by Crippen LogP contribution is -2.12. The molecular formula is C23H17BrCl3N3O3. The average Bonchev–Trinajstić information content (AvgIpc) is 3.37. The predicted octanol–water partition coefficient (Wildman–Crippen LogP) is 7.39. The highest BCUT2D eigenvalue weighted by Gasteiger charge is 2.15. The first-order chi connectivity index (χ1) is 15.8. The van der Waals surface area contributed by atoms with Gasteiger partial charge in [-0.1, -0.05) is 56.8 Å². The lowest BCUT2D eigenvalue weighted by atomic mass is 10.2. The number of ether oxygens (including phenoxy) is 1. The molecule has 10 heteroatoms. The summed E-state index contributed by atoms with van der Waals surface area (Å²) in [5, 5.41) is 8.64. The van der Waals surface area contributed by atoms with Gasteiger partial charge in [-0.05, 0) is 55.0 Å². The lowest BCUT2D eigenvalue weighted by molar-refractivity contribution is 0.0992. The fraction of sp³-hybridized carbons (Fsp3) is 0.130. The molecule has 0 saturated carbocycles. The van der Waals surface area contributed by atoms with Crippen LogP contribution in [0.15, 0.2) is 63.5 Å². The molecule has 1 N–H and O–H groups in total. The van der Waals surface area contributed by atoms with E-state index in [0.29, 0.717) is 38.9 Å². The number of aromatic nitrogens is 2. The van der Waals surface area contributed by atoms with E-state index in [1.807, 2.05) is 19.1 Å². The van der Waals surface area contributed by atoms with Crippen LogP contribution in [-0.4, -0.2) is 15.7 Å². The molecule has 33 heavy (non-hydrogen) atoms. The second-order valence-corrected chi connectivity index (χ2v) is 9.30. The topological polar surface area (TPSA) is 69.3 Å². The van der Waals surface area contributed by atoms with Crippen molar-refractivity contribution in [3.63, 3.8) is 0 Å². The maximum atomic E-state index is 12.6. The van der Waals surface area contributed by atoms with Gasteiger partial charge in [0.1, 0.15) is 18.1 Å². The van der Waals surface area contributed by atoms with Gasteiger partial charge in [0.25, 0.3) is 5.91 Å². The molecule has 0 aliphatic heterocycles. The van der Waals surface area contributed by atoms with Crippen molar-refractivity contribution in [3.8, 4) is 5.75 Å². The van der Waals surface area contributed by atoms with E-state index >= 15 is 0 Å². The number of rotatable bonds is 7. The maximum Gasteiger partial charge on any atom is 0.292 e. The third-order valence-corrected chi connectivity index (χ3v) is 6.22. The lowest BCUT2D eigenvalue weighted by Gasteiger charge is -2.06. The molecule has 0 saturated heterocycles.